The molecule has 0 spiro atoms. The van der Waals surface area contributed by atoms with Crippen molar-refractivity contribution in [3.63, 3.8) is 0 Å². The lowest BCUT2D eigenvalue weighted by Gasteiger charge is -2.28. The van der Waals surface area contributed by atoms with Crippen molar-refractivity contribution in [1.29, 1.82) is 0 Å². The maximum atomic E-state index is 12.6. The number of rotatable bonds is 6. The topological polar surface area (TPSA) is 66.5 Å². The first kappa shape index (κ1) is 18.4. The summed E-state index contributed by atoms with van der Waals surface area (Å²) < 4.78 is 0. The Balaban J connectivity index is 2.41. The summed E-state index contributed by atoms with van der Waals surface area (Å²) in [5.74, 6) is -1.94. The molecule has 1 N–H and O–H groups in total. The Hall–Kier alpha value is -2.95. The molecule has 2 atom stereocenters. The van der Waals surface area contributed by atoms with E-state index in [-0.39, 0.29) is 17.6 Å². The molecule has 5 nitrogen and oxygen atoms in total. The van der Waals surface area contributed by atoms with Gasteiger partial charge in [-0.1, -0.05) is 48.5 Å². The molecule has 2 aromatic carbocycles. The molecule has 0 saturated heterocycles. The van der Waals surface area contributed by atoms with E-state index in [4.69, 9.17) is 0 Å². The molecule has 130 valence electrons. The lowest BCUT2D eigenvalue weighted by Crippen LogP contribution is -2.44. The van der Waals surface area contributed by atoms with E-state index in [1.165, 1.54) is 11.8 Å². The van der Waals surface area contributed by atoms with E-state index in [2.05, 4.69) is 5.32 Å². The quantitative estimate of drug-likeness (QED) is 0.823. The van der Waals surface area contributed by atoms with Crippen LogP contribution in [0.2, 0.25) is 0 Å². The molecule has 0 bridgehead atoms. The zero-order valence-electron chi connectivity index (χ0n) is 14.6. The van der Waals surface area contributed by atoms with Gasteiger partial charge in [0.2, 0.25) is 5.91 Å². The van der Waals surface area contributed by atoms with Crippen molar-refractivity contribution < 1.29 is 14.4 Å². The third-order valence-electron chi connectivity index (χ3n) is 3.96. The lowest BCUT2D eigenvalue weighted by atomic mass is 9.88. The first-order chi connectivity index (χ1) is 11.9. The summed E-state index contributed by atoms with van der Waals surface area (Å²) >= 11 is 0. The summed E-state index contributed by atoms with van der Waals surface area (Å²) in [4.78, 5) is 38.8. The maximum absolute atomic E-state index is 12.6. The number of benzene rings is 2. The maximum Gasteiger partial charge on any atom is 0.251 e. The zero-order chi connectivity index (χ0) is 18.4. The lowest BCUT2D eigenvalue weighted by molar-refractivity contribution is -0.139. The molecule has 0 saturated carbocycles. The van der Waals surface area contributed by atoms with Crippen LogP contribution in [-0.2, 0) is 9.59 Å². The summed E-state index contributed by atoms with van der Waals surface area (Å²) in [6, 6.07) is 17.1. The van der Waals surface area contributed by atoms with Gasteiger partial charge in [-0.3, -0.25) is 14.4 Å². The Morgan fingerprint density at radius 1 is 0.880 bits per heavy atom. The molecule has 0 radical (unpaired) electrons. The van der Waals surface area contributed by atoms with Crippen molar-refractivity contribution >= 4 is 17.6 Å². The van der Waals surface area contributed by atoms with Crippen LogP contribution >= 0.6 is 0 Å². The van der Waals surface area contributed by atoms with E-state index < -0.39 is 12.0 Å². The molecule has 25 heavy (non-hydrogen) atoms. The van der Waals surface area contributed by atoms with Crippen molar-refractivity contribution in [3.8, 4) is 0 Å². The van der Waals surface area contributed by atoms with Gasteiger partial charge in [-0.2, -0.15) is 0 Å². The summed E-state index contributed by atoms with van der Waals surface area (Å²) in [7, 11) is 3.19. The van der Waals surface area contributed by atoms with E-state index in [0.29, 0.717) is 11.1 Å². The highest BCUT2D eigenvalue weighted by Crippen LogP contribution is 2.25. The van der Waals surface area contributed by atoms with Crippen molar-refractivity contribution in [2.75, 3.05) is 14.1 Å². The molecule has 2 aromatic rings. The Morgan fingerprint density at radius 2 is 1.40 bits per heavy atom. The minimum Gasteiger partial charge on any atom is -0.348 e. The highest BCUT2D eigenvalue weighted by Gasteiger charge is 2.35. The van der Waals surface area contributed by atoms with Crippen LogP contribution in [0.4, 0.5) is 0 Å². The largest absolute Gasteiger partial charge is 0.348 e. The molecule has 2 rings (SSSR count). The van der Waals surface area contributed by atoms with Gasteiger partial charge in [0.15, 0.2) is 0 Å². The second kappa shape index (κ2) is 8.24. The van der Waals surface area contributed by atoms with Gasteiger partial charge in [-0.15, -0.1) is 0 Å². The third kappa shape index (κ3) is 4.53. The Morgan fingerprint density at radius 3 is 1.88 bits per heavy atom. The average Bonchev–Trinajstić information content (AvgIpc) is 2.62. The Kier molecular flexibility index (Phi) is 6.06. The van der Waals surface area contributed by atoms with Crippen molar-refractivity contribution in [1.82, 2.24) is 10.2 Å². The highest BCUT2D eigenvalue weighted by molar-refractivity contribution is 6.02. The molecule has 0 aliphatic carbocycles. The second-order valence-electron chi connectivity index (χ2n) is 6.05. The molecule has 0 fully saturated rings. The van der Waals surface area contributed by atoms with Gasteiger partial charge in [-0.05, 0) is 24.6 Å². The van der Waals surface area contributed by atoms with Gasteiger partial charge >= 0.3 is 0 Å². The first-order valence-electron chi connectivity index (χ1n) is 8.04. The Labute approximate surface area is 147 Å². The molecule has 0 aliphatic heterocycles. The van der Waals surface area contributed by atoms with Crippen LogP contribution in [0.5, 0.6) is 0 Å². The van der Waals surface area contributed by atoms with E-state index in [1.54, 1.807) is 50.5 Å². The smallest absolute Gasteiger partial charge is 0.251 e. The van der Waals surface area contributed by atoms with Gasteiger partial charge < -0.3 is 10.2 Å². The molecule has 0 aliphatic rings. The van der Waals surface area contributed by atoms with E-state index in [0.717, 1.165) is 0 Å². The van der Waals surface area contributed by atoms with Gasteiger partial charge in [0, 0.05) is 19.7 Å². The van der Waals surface area contributed by atoms with Gasteiger partial charge in [0.25, 0.3) is 5.91 Å². The number of ketones is 1. The average molecular weight is 338 g/mol. The molecule has 0 heterocycles. The van der Waals surface area contributed by atoms with Crippen molar-refractivity contribution in [2.45, 2.75) is 13.0 Å². The van der Waals surface area contributed by atoms with E-state index >= 15 is 0 Å². The summed E-state index contributed by atoms with van der Waals surface area (Å²) in [6.07, 6.45) is 0. The number of amides is 2. The minimum atomic E-state index is -0.981. The molecule has 0 unspecified atom stereocenters. The van der Waals surface area contributed by atoms with E-state index in [9.17, 15) is 14.4 Å². The fourth-order valence-corrected chi connectivity index (χ4v) is 2.66. The first-order valence-corrected chi connectivity index (χ1v) is 8.04. The fraction of sp³-hybridized carbons (Fsp3) is 0.250. The van der Waals surface area contributed by atoms with Crippen LogP contribution in [0.3, 0.4) is 0 Å². The summed E-state index contributed by atoms with van der Waals surface area (Å²) in [5.41, 5.74) is 1.19. The molecular weight excluding hydrogens is 316 g/mol. The third-order valence-corrected chi connectivity index (χ3v) is 3.96. The molecule has 0 aromatic heterocycles. The van der Waals surface area contributed by atoms with Gasteiger partial charge in [0.05, 0.1) is 6.04 Å². The van der Waals surface area contributed by atoms with Crippen LogP contribution in [0.25, 0.3) is 0 Å². The summed E-state index contributed by atoms with van der Waals surface area (Å²) in [6.45, 7) is 1.37. The number of hydrogen-bond acceptors (Lipinski definition) is 3. The SMILES string of the molecule is CC(=O)[C@@H](C(=O)N(C)C)[C@H](NC(=O)c1ccccc1)c1ccccc1. The van der Waals surface area contributed by atoms with Crippen molar-refractivity contribution in [2.24, 2.45) is 5.92 Å². The van der Waals surface area contributed by atoms with Crippen LogP contribution in [0.1, 0.15) is 28.9 Å². The number of carbonyl (C=O) groups excluding carboxylic acids is 3. The molecule has 2 amide bonds. The van der Waals surface area contributed by atoms with Crippen LogP contribution in [0.15, 0.2) is 60.7 Å². The number of carbonyl (C=O) groups is 3. The molecular formula is C20H22N2O3. The number of hydrogen-bond donors (Lipinski definition) is 1. The van der Waals surface area contributed by atoms with Crippen LogP contribution in [-0.4, -0.2) is 36.6 Å². The van der Waals surface area contributed by atoms with Crippen LogP contribution < -0.4 is 5.32 Å². The monoisotopic (exact) mass is 338 g/mol. The summed E-state index contributed by atoms with van der Waals surface area (Å²) in [5, 5.41) is 2.86. The van der Waals surface area contributed by atoms with Gasteiger partial charge in [-0.25, -0.2) is 0 Å². The highest BCUT2D eigenvalue weighted by atomic mass is 16.2. The zero-order valence-corrected chi connectivity index (χ0v) is 14.6. The van der Waals surface area contributed by atoms with Gasteiger partial charge in [0.1, 0.15) is 11.7 Å². The Bertz CT molecular complexity index is 742. The number of nitrogens with one attached hydrogen (secondary N) is 1. The standard InChI is InChI=1S/C20H22N2O3/c1-14(23)17(20(25)22(2)3)18(15-10-6-4-7-11-15)21-19(24)16-12-8-5-9-13-16/h4-13,17-18H,1-3H3,(H,21,24)/t17-,18-/m1/s1. The number of nitrogens with zero attached hydrogens (tertiary/aromatic N) is 1. The normalized spacial score (nSPS) is 12.8. The minimum absolute atomic E-state index is 0.291. The second-order valence-corrected chi connectivity index (χ2v) is 6.05. The van der Waals surface area contributed by atoms with Crippen molar-refractivity contribution in [3.05, 3.63) is 71.8 Å². The number of Topliss-reactive ketones (excluding diaryl/α,β-unsaturated/α-hetero) is 1. The predicted octanol–water partition coefficient (Wildman–Crippen LogP) is 2.45. The fourth-order valence-electron chi connectivity index (χ4n) is 2.66. The predicted molar refractivity (Wildman–Crippen MR) is 96.0 cm³/mol. The molecule has 5 heteroatoms. The van der Waals surface area contributed by atoms with E-state index in [1.807, 2.05) is 24.3 Å². The van der Waals surface area contributed by atoms with Crippen LogP contribution in [0, 0.1) is 5.92 Å².